The molecule has 0 aliphatic heterocycles. The van der Waals surface area contributed by atoms with Crippen LogP contribution in [0.5, 0.6) is 0 Å². The number of sulfonamides is 1. The normalized spacial score (nSPS) is 12.3. The number of nitrogens with one attached hydrogen (secondary N) is 2. The maximum Gasteiger partial charge on any atom is 0.229 e. The number of hydrogen-bond acceptors (Lipinski definition) is 3. The van der Waals surface area contributed by atoms with E-state index in [0.717, 1.165) is 18.5 Å². The summed E-state index contributed by atoms with van der Waals surface area (Å²) in [5.41, 5.74) is 1.34. The van der Waals surface area contributed by atoms with Crippen molar-refractivity contribution in [2.24, 2.45) is 5.41 Å². The molecule has 18 heavy (non-hydrogen) atoms. The summed E-state index contributed by atoms with van der Waals surface area (Å²) in [7, 11) is -3.27. The zero-order valence-electron chi connectivity index (χ0n) is 11.0. The van der Waals surface area contributed by atoms with E-state index in [-0.39, 0.29) is 5.41 Å². The van der Waals surface area contributed by atoms with E-state index in [9.17, 15) is 8.42 Å². The lowest BCUT2D eigenvalue weighted by Crippen LogP contribution is -2.19. The van der Waals surface area contributed by atoms with Gasteiger partial charge in [0.25, 0.3) is 0 Å². The zero-order chi connectivity index (χ0) is 14.0. The summed E-state index contributed by atoms with van der Waals surface area (Å²) in [5.74, 6) is 0. The van der Waals surface area contributed by atoms with Gasteiger partial charge in [0.05, 0.1) is 22.7 Å². The van der Waals surface area contributed by atoms with Crippen LogP contribution in [0.15, 0.2) is 18.2 Å². The van der Waals surface area contributed by atoms with Gasteiger partial charge in [-0.05, 0) is 23.6 Å². The molecule has 0 saturated carbocycles. The molecule has 0 unspecified atom stereocenters. The van der Waals surface area contributed by atoms with Gasteiger partial charge in [0.1, 0.15) is 0 Å². The third-order valence-electron chi connectivity index (χ3n) is 2.08. The van der Waals surface area contributed by atoms with Crippen LogP contribution in [-0.4, -0.2) is 21.2 Å². The first kappa shape index (κ1) is 15.1. The summed E-state index contributed by atoms with van der Waals surface area (Å²) in [4.78, 5) is 0. The van der Waals surface area contributed by atoms with Crippen LogP contribution in [0.3, 0.4) is 0 Å². The molecule has 0 heterocycles. The molecule has 0 aliphatic carbocycles. The standard InChI is InChI=1S/C12H19ClN2O2S/c1-12(2,3)8-14-11-7-9(5-6-10(11)13)15-18(4,16)17/h5-7,14-15H,8H2,1-4H3. The fourth-order valence-corrected chi connectivity index (χ4v) is 2.04. The van der Waals surface area contributed by atoms with Crippen LogP contribution in [0.4, 0.5) is 11.4 Å². The Morgan fingerprint density at radius 3 is 2.39 bits per heavy atom. The monoisotopic (exact) mass is 290 g/mol. The van der Waals surface area contributed by atoms with E-state index in [2.05, 4.69) is 30.8 Å². The summed E-state index contributed by atoms with van der Waals surface area (Å²) in [5, 5.41) is 3.78. The fraction of sp³-hybridized carbons (Fsp3) is 0.500. The van der Waals surface area contributed by atoms with Crippen LogP contribution in [0.25, 0.3) is 0 Å². The Kier molecular flexibility index (Phi) is 4.50. The van der Waals surface area contributed by atoms with E-state index in [1.807, 2.05) is 0 Å². The Bertz CT molecular complexity index is 521. The Hall–Kier alpha value is -0.940. The summed E-state index contributed by atoms with van der Waals surface area (Å²) in [6.07, 6.45) is 1.11. The van der Waals surface area contributed by atoms with Gasteiger partial charge in [-0.25, -0.2) is 8.42 Å². The lowest BCUT2D eigenvalue weighted by atomic mass is 9.97. The van der Waals surface area contributed by atoms with E-state index in [1.54, 1.807) is 18.2 Å². The largest absolute Gasteiger partial charge is 0.383 e. The van der Waals surface area contributed by atoms with Crippen LogP contribution >= 0.6 is 11.6 Å². The van der Waals surface area contributed by atoms with Gasteiger partial charge in [-0.1, -0.05) is 32.4 Å². The molecule has 0 fully saturated rings. The van der Waals surface area contributed by atoms with Gasteiger partial charge in [0.15, 0.2) is 0 Å². The second kappa shape index (κ2) is 5.36. The van der Waals surface area contributed by atoms with Crippen LogP contribution in [0.1, 0.15) is 20.8 Å². The van der Waals surface area contributed by atoms with Crippen LogP contribution in [0.2, 0.25) is 5.02 Å². The summed E-state index contributed by atoms with van der Waals surface area (Å²) < 4.78 is 24.7. The quantitative estimate of drug-likeness (QED) is 0.895. The second-order valence-electron chi connectivity index (χ2n) is 5.48. The molecule has 0 aliphatic rings. The minimum absolute atomic E-state index is 0.115. The third-order valence-corrected chi connectivity index (χ3v) is 3.01. The summed E-state index contributed by atoms with van der Waals surface area (Å²) in [6.45, 7) is 7.06. The number of hydrogen-bond donors (Lipinski definition) is 2. The van der Waals surface area contributed by atoms with Crippen LogP contribution in [-0.2, 0) is 10.0 Å². The Morgan fingerprint density at radius 2 is 1.89 bits per heavy atom. The summed E-state index contributed by atoms with van der Waals surface area (Å²) in [6, 6.07) is 4.99. The smallest absolute Gasteiger partial charge is 0.229 e. The molecule has 4 nitrogen and oxygen atoms in total. The first-order valence-electron chi connectivity index (χ1n) is 5.58. The lowest BCUT2D eigenvalue weighted by molar-refractivity contribution is 0.443. The molecule has 0 saturated heterocycles. The van der Waals surface area contributed by atoms with Crippen molar-refractivity contribution in [3.63, 3.8) is 0 Å². The molecule has 6 heteroatoms. The summed E-state index contributed by atoms with van der Waals surface area (Å²) >= 11 is 6.06. The highest BCUT2D eigenvalue weighted by atomic mass is 35.5. The number of benzene rings is 1. The van der Waals surface area contributed by atoms with Crippen molar-refractivity contribution in [1.29, 1.82) is 0 Å². The number of rotatable bonds is 4. The molecule has 1 aromatic carbocycles. The molecule has 0 amide bonds. The van der Waals surface area contributed by atoms with Gasteiger partial charge in [-0.3, -0.25) is 4.72 Å². The number of halogens is 1. The fourth-order valence-electron chi connectivity index (χ4n) is 1.30. The minimum Gasteiger partial charge on any atom is -0.383 e. The maximum atomic E-state index is 11.1. The van der Waals surface area contributed by atoms with E-state index >= 15 is 0 Å². The van der Waals surface area contributed by atoms with Crippen molar-refractivity contribution >= 4 is 33.0 Å². The molecule has 0 spiro atoms. The van der Waals surface area contributed by atoms with Crippen LogP contribution in [0, 0.1) is 5.41 Å². The average molecular weight is 291 g/mol. The van der Waals surface area contributed by atoms with Gasteiger partial charge < -0.3 is 5.32 Å². The van der Waals surface area contributed by atoms with E-state index in [0.29, 0.717) is 10.7 Å². The molecule has 0 aromatic heterocycles. The van der Waals surface area contributed by atoms with Crippen molar-refractivity contribution in [1.82, 2.24) is 0 Å². The van der Waals surface area contributed by atoms with Gasteiger partial charge >= 0.3 is 0 Å². The molecular weight excluding hydrogens is 272 g/mol. The van der Waals surface area contributed by atoms with Crippen LogP contribution < -0.4 is 10.0 Å². The van der Waals surface area contributed by atoms with Crippen molar-refractivity contribution in [3.8, 4) is 0 Å². The Labute approximate surface area is 114 Å². The lowest BCUT2D eigenvalue weighted by Gasteiger charge is -2.20. The Balaban J connectivity index is 2.88. The highest BCUT2D eigenvalue weighted by Crippen LogP contribution is 2.27. The van der Waals surface area contributed by atoms with Gasteiger partial charge in [0, 0.05) is 6.54 Å². The van der Waals surface area contributed by atoms with Crippen molar-refractivity contribution in [2.75, 3.05) is 22.8 Å². The zero-order valence-corrected chi connectivity index (χ0v) is 12.6. The molecular formula is C12H19ClN2O2S. The minimum atomic E-state index is -3.27. The molecule has 0 atom stereocenters. The molecule has 0 radical (unpaired) electrons. The molecule has 1 rings (SSSR count). The van der Waals surface area contributed by atoms with Crippen molar-refractivity contribution < 1.29 is 8.42 Å². The van der Waals surface area contributed by atoms with Gasteiger partial charge in [-0.15, -0.1) is 0 Å². The highest BCUT2D eigenvalue weighted by molar-refractivity contribution is 7.92. The SMILES string of the molecule is CC(C)(C)CNc1cc(NS(C)(=O)=O)ccc1Cl. The van der Waals surface area contributed by atoms with Crippen molar-refractivity contribution in [2.45, 2.75) is 20.8 Å². The van der Waals surface area contributed by atoms with Gasteiger partial charge in [-0.2, -0.15) is 0 Å². The second-order valence-corrected chi connectivity index (χ2v) is 7.64. The average Bonchev–Trinajstić information content (AvgIpc) is 2.15. The molecule has 0 bridgehead atoms. The maximum absolute atomic E-state index is 11.1. The molecule has 1 aromatic rings. The van der Waals surface area contributed by atoms with E-state index in [4.69, 9.17) is 11.6 Å². The Morgan fingerprint density at radius 1 is 1.28 bits per heavy atom. The topological polar surface area (TPSA) is 58.2 Å². The highest BCUT2D eigenvalue weighted by Gasteiger charge is 2.11. The first-order chi connectivity index (χ1) is 8.07. The predicted octanol–water partition coefficient (Wildman–Crippen LogP) is 3.17. The van der Waals surface area contributed by atoms with Gasteiger partial charge in [0.2, 0.25) is 10.0 Å². The predicted molar refractivity (Wildman–Crippen MR) is 77.9 cm³/mol. The van der Waals surface area contributed by atoms with E-state index in [1.165, 1.54) is 0 Å². The molecule has 102 valence electrons. The first-order valence-corrected chi connectivity index (χ1v) is 7.85. The van der Waals surface area contributed by atoms with E-state index < -0.39 is 10.0 Å². The third kappa shape index (κ3) is 5.60. The van der Waals surface area contributed by atoms with Crippen molar-refractivity contribution in [3.05, 3.63) is 23.2 Å². The molecule has 2 N–H and O–H groups in total. The number of anilines is 2.